The SMILES string of the molecule is C=C[CH2-].CC.CC[C-](C)C.[U+2]. The van der Waals surface area contributed by atoms with Gasteiger partial charge in [-0.25, -0.2) is 19.6 Å². The van der Waals surface area contributed by atoms with E-state index in [1.807, 2.05) is 13.8 Å². The zero-order chi connectivity index (χ0) is 8.99. The first kappa shape index (κ1) is 22.6. The largest absolute Gasteiger partial charge is 2.00 e. The maximum atomic E-state index is 3.25. The second-order valence-electron chi connectivity index (χ2n) is 1.85. The molecule has 0 aromatic heterocycles. The van der Waals surface area contributed by atoms with Gasteiger partial charge in [0, 0.05) is 0 Å². The van der Waals surface area contributed by atoms with Crippen LogP contribution in [0.2, 0.25) is 0 Å². The van der Waals surface area contributed by atoms with E-state index in [1.165, 1.54) is 18.4 Å². The Morgan fingerprint density at radius 3 is 1.45 bits per heavy atom. The maximum Gasteiger partial charge on any atom is 2.00 e. The third-order valence-electron chi connectivity index (χ3n) is 0.707. The molecule has 0 rings (SSSR count). The van der Waals surface area contributed by atoms with Crippen LogP contribution in [0.5, 0.6) is 0 Å². The van der Waals surface area contributed by atoms with E-state index in [4.69, 9.17) is 0 Å². The molecule has 0 N–H and O–H groups in total. The molecule has 0 amide bonds. The van der Waals surface area contributed by atoms with Gasteiger partial charge in [-0.05, 0) is 0 Å². The Morgan fingerprint density at radius 2 is 1.45 bits per heavy atom. The molecule has 0 aromatic carbocycles. The van der Waals surface area contributed by atoms with E-state index in [-0.39, 0.29) is 31.1 Å². The molecule has 0 spiro atoms. The van der Waals surface area contributed by atoms with Gasteiger partial charge in [0.15, 0.2) is 0 Å². The molecule has 0 saturated carbocycles. The predicted octanol–water partition coefficient (Wildman–Crippen LogP) is 4.04. The van der Waals surface area contributed by atoms with Gasteiger partial charge in [-0.3, -0.25) is 0 Å². The maximum absolute atomic E-state index is 3.25. The zero-order valence-electron chi connectivity index (χ0n) is 8.70. The molecular formula is C10H22U. The van der Waals surface area contributed by atoms with Gasteiger partial charge < -0.3 is 5.92 Å². The number of hydrogen-bond acceptors (Lipinski definition) is 0. The molecule has 0 bridgehead atoms. The first-order chi connectivity index (χ1) is 4.68. The van der Waals surface area contributed by atoms with Crippen molar-refractivity contribution >= 4 is 0 Å². The standard InChI is InChI=1S/C5H11.C3H5.C2H6.U/c1-4-5(2)3;1-3-2;1-2;/h4H2,1-3H3;3H,1-2H2;1-2H3;/q2*-1;;+2. The smallest absolute Gasteiger partial charge is 0.320 e. The molecular weight excluding hydrogens is 358 g/mol. The van der Waals surface area contributed by atoms with Gasteiger partial charge in [-0.15, -0.1) is 0 Å². The first-order valence-corrected chi connectivity index (χ1v) is 3.88. The molecule has 66 valence electrons. The van der Waals surface area contributed by atoms with E-state index in [0.29, 0.717) is 0 Å². The summed E-state index contributed by atoms with van der Waals surface area (Å²) in [6.45, 7) is 16.9. The molecule has 0 heterocycles. The van der Waals surface area contributed by atoms with Gasteiger partial charge in [-0.1, -0.05) is 20.8 Å². The van der Waals surface area contributed by atoms with Crippen molar-refractivity contribution in [3.63, 3.8) is 0 Å². The fraction of sp³-hybridized carbons (Fsp3) is 0.600. The average molecular weight is 380 g/mol. The van der Waals surface area contributed by atoms with E-state index >= 15 is 0 Å². The van der Waals surface area contributed by atoms with Crippen molar-refractivity contribution in [2.24, 2.45) is 0 Å². The van der Waals surface area contributed by atoms with Crippen molar-refractivity contribution in [1.29, 1.82) is 0 Å². The topological polar surface area (TPSA) is 0 Å². The predicted molar refractivity (Wildman–Crippen MR) is 51.8 cm³/mol. The Balaban J connectivity index is -0.0000000360. The normalized spacial score (nSPS) is 6.00. The Bertz CT molecular complexity index is 40.1. The molecule has 0 nitrogen and oxygen atoms in total. The van der Waals surface area contributed by atoms with E-state index in [2.05, 4.69) is 34.3 Å². The molecule has 0 aromatic rings. The number of rotatable bonds is 1. The van der Waals surface area contributed by atoms with E-state index in [1.54, 1.807) is 0 Å². The zero-order valence-corrected chi connectivity index (χ0v) is 12.9. The van der Waals surface area contributed by atoms with Gasteiger partial charge in [0.2, 0.25) is 0 Å². The van der Waals surface area contributed by atoms with Crippen LogP contribution in [-0.4, -0.2) is 0 Å². The Labute approximate surface area is 97.2 Å². The third kappa shape index (κ3) is 113. The summed E-state index contributed by atoms with van der Waals surface area (Å²) >= 11 is 0. The third-order valence-corrected chi connectivity index (χ3v) is 0.707. The summed E-state index contributed by atoms with van der Waals surface area (Å²) in [5, 5.41) is 0. The minimum Gasteiger partial charge on any atom is -0.320 e. The summed E-state index contributed by atoms with van der Waals surface area (Å²) in [7, 11) is 0. The molecule has 11 heavy (non-hydrogen) atoms. The number of hydrogen-bond donors (Lipinski definition) is 0. The van der Waals surface area contributed by atoms with Crippen LogP contribution in [0.1, 0.15) is 41.0 Å². The Kier molecular flexibility index (Phi) is 63.7. The quantitative estimate of drug-likeness (QED) is 0.603. The summed E-state index contributed by atoms with van der Waals surface area (Å²) in [4.78, 5) is 0. The summed E-state index contributed by atoms with van der Waals surface area (Å²) in [6.07, 6.45) is 2.72. The van der Waals surface area contributed by atoms with Crippen molar-refractivity contribution in [1.82, 2.24) is 0 Å². The van der Waals surface area contributed by atoms with Crippen LogP contribution in [-0.2, 0) is 0 Å². The van der Waals surface area contributed by atoms with Crippen LogP contribution < -0.4 is 0 Å². The van der Waals surface area contributed by atoms with Crippen LogP contribution in [0.25, 0.3) is 0 Å². The summed E-state index contributed by atoms with van der Waals surface area (Å²) < 4.78 is 0. The second kappa shape index (κ2) is 31.0. The van der Waals surface area contributed by atoms with Crippen molar-refractivity contribution in [2.45, 2.75) is 41.0 Å². The minimum absolute atomic E-state index is 0. The van der Waals surface area contributed by atoms with Gasteiger partial charge in [0.25, 0.3) is 0 Å². The van der Waals surface area contributed by atoms with Crippen molar-refractivity contribution in [3.8, 4) is 0 Å². The molecule has 0 fully saturated rings. The number of allylic oxidation sites excluding steroid dienone is 1. The van der Waals surface area contributed by atoms with Crippen molar-refractivity contribution < 1.29 is 31.1 Å². The van der Waals surface area contributed by atoms with Gasteiger partial charge in [-0.2, -0.15) is 20.3 Å². The molecule has 0 unspecified atom stereocenters. The molecule has 1 heteroatoms. The Morgan fingerprint density at radius 1 is 1.36 bits per heavy atom. The molecule has 0 aliphatic carbocycles. The molecule has 0 aliphatic heterocycles. The van der Waals surface area contributed by atoms with Gasteiger partial charge >= 0.3 is 31.1 Å². The van der Waals surface area contributed by atoms with Gasteiger partial charge in [0.05, 0.1) is 0 Å². The van der Waals surface area contributed by atoms with E-state index in [9.17, 15) is 0 Å². The van der Waals surface area contributed by atoms with Crippen LogP contribution in [0.3, 0.4) is 0 Å². The Hall–Kier alpha value is 0.662. The van der Waals surface area contributed by atoms with Gasteiger partial charge in [0.1, 0.15) is 0 Å². The van der Waals surface area contributed by atoms with Crippen molar-refractivity contribution in [3.05, 3.63) is 25.5 Å². The molecule has 0 atom stereocenters. The first-order valence-electron chi connectivity index (χ1n) is 3.88. The molecule has 0 saturated heterocycles. The van der Waals surface area contributed by atoms with Crippen LogP contribution in [0.4, 0.5) is 0 Å². The van der Waals surface area contributed by atoms with E-state index in [0.717, 1.165) is 0 Å². The molecule has 0 radical (unpaired) electrons. The summed E-state index contributed by atoms with van der Waals surface area (Å²) in [5.74, 6) is 1.50. The fourth-order valence-corrected chi connectivity index (χ4v) is 0. The second-order valence-corrected chi connectivity index (χ2v) is 1.85. The minimum atomic E-state index is 0. The van der Waals surface area contributed by atoms with E-state index < -0.39 is 0 Å². The van der Waals surface area contributed by atoms with Crippen LogP contribution in [0, 0.1) is 44.0 Å². The monoisotopic (exact) mass is 380 g/mol. The summed E-state index contributed by atoms with van der Waals surface area (Å²) in [6, 6.07) is 0. The molecule has 0 aliphatic rings. The van der Waals surface area contributed by atoms with Crippen molar-refractivity contribution in [2.75, 3.05) is 0 Å². The van der Waals surface area contributed by atoms with Crippen LogP contribution in [0.15, 0.2) is 12.7 Å². The van der Waals surface area contributed by atoms with Crippen LogP contribution >= 0.6 is 0 Å². The summed E-state index contributed by atoms with van der Waals surface area (Å²) in [5.41, 5.74) is 0. The fourth-order valence-electron chi connectivity index (χ4n) is 0. The average Bonchev–Trinajstić information content (AvgIpc) is 1.94.